The van der Waals surface area contributed by atoms with E-state index < -0.39 is 6.05 Å². The summed E-state index contributed by atoms with van der Waals surface area (Å²) in [5.74, 6) is 0. The van der Waals surface area contributed by atoms with Crippen LogP contribution in [-0.2, 0) is 0 Å². The lowest BCUT2D eigenvalue weighted by Crippen LogP contribution is -2.44. The average Bonchev–Trinajstić information content (AvgIpc) is 1.84. The van der Waals surface area contributed by atoms with E-state index in [1.54, 1.807) is 0 Å². The van der Waals surface area contributed by atoms with Gasteiger partial charge in [0.15, 0.2) is 0 Å². The molecule has 0 unspecified atom stereocenters. The molecule has 0 aromatic rings. The van der Waals surface area contributed by atoms with Crippen LogP contribution in [0.2, 0.25) is 0 Å². The lowest BCUT2D eigenvalue weighted by atomic mass is 10.5. The topological polar surface area (TPSA) is 24.1 Å². The molecule has 10 heavy (non-hydrogen) atoms. The van der Waals surface area contributed by atoms with Crippen LogP contribution in [0, 0.1) is 0 Å². The molecule has 0 saturated carbocycles. The van der Waals surface area contributed by atoms with Gasteiger partial charge in [-0.05, 0) is 7.05 Å². The van der Waals surface area contributed by atoms with Crippen molar-refractivity contribution in [3.8, 4) is 0 Å². The molecule has 0 saturated heterocycles. The first kappa shape index (κ1) is 9.52. The molecule has 0 atom stereocenters. The number of hydrogen-bond donors (Lipinski definition) is 2. The molecule has 0 aliphatic heterocycles. The van der Waals surface area contributed by atoms with E-state index in [0.29, 0.717) is 0 Å². The van der Waals surface area contributed by atoms with E-state index in [1.165, 1.54) is 13.1 Å². The second-order valence-electron chi connectivity index (χ2n) is 1.90. The van der Waals surface area contributed by atoms with Gasteiger partial charge in [0, 0.05) is 6.54 Å². The maximum absolute atomic E-state index is 12.4. The first-order valence-electron chi connectivity index (χ1n) is 3.01. The molecule has 2 N–H and O–H groups in total. The van der Waals surface area contributed by atoms with E-state index >= 15 is 0 Å². The third-order valence-electron chi connectivity index (χ3n) is 0.904. The molecule has 0 bridgehead atoms. The molecule has 0 amide bonds. The van der Waals surface area contributed by atoms with Gasteiger partial charge in [0.2, 0.25) is 0 Å². The number of nitrogens with one attached hydrogen (secondary N) is 2. The Morgan fingerprint density at radius 3 is 2.60 bits per heavy atom. The molecular formula is C6H12F2N2. The van der Waals surface area contributed by atoms with Crippen LogP contribution >= 0.6 is 0 Å². The molecule has 0 rings (SSSR count). The fourth-order valence-corrected chi connectivity index (χ4v) is 0.506. The van der Waals surface area contributed by atoms with Gasteiger partial charge in [-0.25, -0.2) is 0 Å². The quantitative estimate of drug-likeness (QED) is 0.442. The number of rotatable bonds is 5. The Hall–Kier alpha value is -0.480. The lowest BCUT2D eigenvalue weighted by Gasteiger charge is -2.15. The Morgan fingerprint density at radius 1 is 1.60 bits per heavy atom. The predicted molar refractivity (Wildman–Crippen MR) is 37.1 cm³/mol. The molecule has 0 radical (unpaired) electrons. The van der Waals surface area contributed by atoms with E-state index in [2.05, 4.69) is 11.9 Å². The zero-order valence-corrected chi connectivity index (χ0v) is 5.95. The number of likely N-dealkylation sites (N-methyl/N-ethyl adjacent to an activating group) is 1. The highest BCUT2D eigenvalue weighted by Crippen LogP contribution is 2.05. The minimum Gasteiger partial charge on any atom is -0.313 e. The minimum absolute atomic E-state index is 0.120. The van der Waals surface area contributed by atoms with Crippen molar-refractivity contribution >= 4 is 0 Å². The van der Waals surface area contributed by atoms with Gasteiger partial charge in [-0.3, -0.25) is 5.32 Å². The van der Waals surface area contributed by atoms with Crippen LogP contribution in [0.5, 0.6) is 0 Å². The van der Waals surface area contributed by atoms with Gasteiger partial charge < -0.3 is 5.32 Å². The number of hydrogen-bond acceptors (Lipinski definition) is 2. The molecule has 60 valence electrons. The first-order valence-corrected chi connectivity index (χ1v) is 3.01. The summed E-state index contributed by atoms with van der Waals surface area (Å²) < 4.78 is 24.8. The van der Waals surface area contributed by atoms with Crippen LogP contribution in [0.25, 0.3) is 0 Å². The van der Waals surface area contributed by atoms with E-state index in [-0.39, 0.29) is 13.1 Å². The van der Waals surface area contributed by atoms with Crippen LogP contribution in [0.1, 0.15) is 0 Å². The number of alkyl halides is 2. The third kappa shape index (κ3) is 4.40. The molecule has 2 nitrogen and oxygen atoms in total. The Balaban J connectivity index is 3.51. The first-order chi connectivity index (χ1) is 4.62. The van der Waals surface area contributed by atoms with Gasteiger partial charge in [0.05, 0.1) is 6.54 Å². The zero-order chi connectivity index (χ0) is 8.04. The maximum Gasteiger partial charge on any atom is 0.315 e. The molecule has 0 spiro atoms. The van der Waals surface area contributed by atoms with Crippen LogP contribution in [-0.4, -0.2) is 26.2 Å². The van der Waals surface area contributed by atoms with Gasteiger partial charge in [-0.15, -0.1) is 6.58 Å². The van der Waals surface area contributed by atoms with E-state index in [4.69, 9.17) is 0 Å². The molecule has 0 heterocycles. The van der Waals surface area contributed by atoms with Crippen molar-refractivity contribution in [3.63, 3.8) is 0 Å². The largest absolute Gasteiger partial charge is 0.315 e. The standard InChI is InChI=1S/C6H12F2N2/c1-3-4-10-6(7,8)5-9-2/h3,9-10H,1,4-5H2,2H3. The normalized spacial score (nSPS) is 11.5. The average molecular weight is 150 g/mol. The van der Waals surface area contributed by atoms with E-state index in [1.807, 2.05) is 5.32 Å². The second-order valence-corrected chi connectivity index (χ2v) is 1.90. The molecule has 0 fully saturated rings. The minimum atomic E-state index is -2.83. The molecule has 0 aromatic carbocycles. The highest BCUT2D eigenvalue weighted by Gasteiger charge is 2.25. The van der Waals surface area contributed by atoms with Crippen molar-refractivity contribution in [1.29, 1.82) is 0 Å². The summed E-state index contributed by atoms with van der Waals surface area (Å²) in [4.78, 5) is 0. The summed E-state index contributed by atoms with van der Waals surface area (Å²) in [5.41, 5.74) is 0. The highest BCUT2D eigenvalue weighted by atomic mass is 19.3. The Kier molecular flexibility index (Phi) is 4.14. The molecule has 0 aliphatic rings. The zero-order valence-electron chi connectivity index (χ0n) is 5.95. The van der Waals surface area contributed by atoms with Gasteiger partial charge in [0.25, 0.3) is 0 Å². The van der Waals surface area contributed by atoms with E-state index in [0.717, 1.165) is 0 Å². The molecular weight excluding hydrogens is 138 g/mol. The highest BCUT2D eigenvalue weighted by molar-refractivity contribution is 4.74. The summed E-state index contributed by atoms with van der Waals surface area (Å²) >= 11 is 0. The summed E-state index contributed by atoms with van der Waals surface area (Å²) in [6.07, 6.45) is 1.39. The fraction of sp³-hybridized carbons (Fsp3) is 0.667. The Morgan fingerprint density at radius 2 is 2.20 bits per heavy atom. The molecule has 0 aliphatic carbocycles. The predicted octanol–water partition coefficient (Wildman–Crippen LogP) is 0.574. The van der Waals surface area contributed by atoms with Crippen LogP contribution in [0.15, 0.2) is 12.7 Å². The van der Waals surface area contributed by atoms with Gasteiger partial charge in [0.1, 0.15) is 0 Å². The van der Waals surface area contributed by atoms with Gasteiger partial charge >= 0.3 is 6.05 Å². The summed E-state index contributed by atoms with van der Waals surface area (Å²) in [5, 5.41) is 4.37. The summed E-state index contributed by atoms with van der Waals surface area (Å²) in [6.45, 7) is 3.07. The smallest absolute Gasteiger partial charge is 0.313 e. The molecule has 0 aromatic heterocycles. The number of halogens is 2. The van der Waals surface area contributed by atoms with Crippen molar-refractivity contribution in [1.82, 2.24) is 10.6 Å². The monoisotopic (exact) mass is 150 g/mol. The summed E-state index contributed by atoms with van der Waals surface area (Å²) in [6, 6.07) is -2.83. The van der Waals surface area contributed by atoms with Crippen molar-refractivity contribution in [3.05, 3.63) is 12.7 Å². The molecule has 4 heteroatoms. The Bertz CT molecular complexity index is 104. The lowest BCUT2D eigenvalue weighted by molar-refractivity contribution is -0.0278. The Labute approximate surface area is 59.3 Å². The second kappa shape index (κ2) is 4.35. The summed E-state index contributed by atoms with van der Waals surface area (Å²) in [7, 11) is 1.48. The van der Waals surface area contributed by atoms with Crippen LogP contribution < -0.4 is 10.6 Å². The van der Waals surface area contributed by atoms with Gasteiger partial charge in [-0.2, -0.15) is 8.78 Å². The van der Waals surface area contributed by atoms with Crippen molar-refractivity contribution in [2.75, 3.05) is 20.1 Å². The SMILES string of the molecule is C=CCNC(F)(F)CNC. The van der Waals surface area contributed by atoms with Crippen molar-refractivity contribution in [2.45, 2.75) is 6.05 Å². The van der Waals surface area contributed by atoms with E-state index in [9.17, 15) is 8.78 Å². The van der Waals surface area contributed by atoms with Crippen LogP contribution in [0.3, 0.4) is 0 Å². The van der Waals surface area contributed by atoms with Crippen molar-refractivity contribution in [2.24, 2.45) is 0 Å². The van der Waals surface area contributed by atoms with Crippen molar-refractivity contribution < 1.29 is 8.78 Å². The maximum atomic E-state index is 12.4. The van der Waals surface area contributed by atoms with Crippen LogP contribution in [0.4, 0.5) is 8.78 Å². The van der Waals surface area contributed by atoms with Gasteiger partial charge in [-0.1, -0.05) is 6.08 Å². The fourth-order valence-electron chi connectivity index (χ4n) is 0.506. The third-order valence-corrected chi connectivity index (χ3v) is 0.904.